The summed E-state index contributed by atoms with van der Waals surface area (Å²) in [6.07, 6.45) is 0. The predicted molar refractivity (Wildman–Crippen MR) is 74.9 cm³/mol. The number of ether oxygens (including phenoxy) is 1. The summed E-state index contributed by atoms with van der Waals surface area (Å²) in [7, 11) is 1.63. The Labute approximate surface area is 115 Å². The molecule has 1 nitrogen and oxygen atoms in total. The summed E-state index contributed by atoms with van der Waals surface area (Å²) < 4.78 is 18.9. The molecule has 0 amide bonds. The van der Waals surface area contributed by atoms with Crippen LogP contribution >= 0.6 is 15.9 Å². The molecule has 0 heterocycles. The molecular formula is C15H14BrFO. The molecule has 0 aliphatic heterocycles. The summed E-state index contributed by atoms with van der Waals surface area (Å²) in [4.78, 5) is -0.150. The summed E-state index contributed by atoms with van der Waals surface area (Å²) in [6, 6.07) is 12.7. The SMILES string of the molecule is COc1ccc(C(Br)c2cc(C)ccc2F)cc1. The van der Waals surface area contributed by atoms with Crippen molar-refractivity contribution in [3.63, 3.8) is 0 Å². The third-order valence-corrected chi connectivity index (χ3v) is 3.85. The Kier molecular flexibility index (Phi) is 4.02. The molecule has 0 aliphatic carbocycles. The first-order valence-electron chi connectivity index (χ1n) is 5.66. The lowest BCUT2D eigenvalue weighted by Crippen LogP contribution is -1.97. The van der Waals surface area contributed by atoms with Gasteiger partial charge in [0.2, 0.25) is 0 Å². The minimum Gasteiger partial charge on any atom is -0.497 e. The van der Waals surface area contributed by atoms with Gasteiger partial charge in [-0.25, -0.2) is 4.39 Å². The van der Waals surface area contributed by atoms with Crippen molar-refractivity contribution in [2.24, 2.45) is 0 Å². The molecule has 0 spiro atoms. The van der Waals surface area contributed by atoms with E-state index >= 15 is 0 Å². The summed E-state index contributed by atoms with van der Waals surface area (Å²) in [5.74, 6) is 0.599. The number of rotatable bonds is 3. The van der Waals surface area contributed by atoms with E-state index < -0.39 is 0 Å². The number of methoxy groups -OCH3 is 1. The van der Waals surface area contributed by atoms with Gasteiger partial charge < -0.3 is 4.74 Å². The zero-order valence-corrected chi connectivity index (χ0v) is 11.9. The fourth-order valence-corrected chi connectivity index (χ4v) is 2.47. The third-order valence-electron chi connectivity index (χ3n) is 2.83. The van der Waals surface area contributed by atoms with Gasteiger partial charge >= 0.3 is 0 Å². The van der Waals surface area contributed by atoms with Crippen LogP contribution in [0.25, 0.3) is 0 Å². The van der Waals surface area contributed by atoms with E-state index in [4.69, 9.17) is 4.74 Å². The van der Waals surface area contributed by atoms with E-state index in [1.165, 1.54) is 6.07 Å². The predicted octanol–water partition coefficient (Wildman–Crippen LogP) is 4.63. The van der Waals surface area contributed by atoms with Crippen LogP contribution in [0.4, 0.5) is 4.39 Å². The molecule has 0 aromatic heterocycles. The quantitative estimate of drug-likeness (QED) is 0.751. The smallest absolute Gasteiger partial charge is 0.127 e. The molecule has 1 atom stereocenters. The highest BCUT2D eigenvalue weighted by molar-refractivity contribution is 9.09. The first-order valence-corrected chi connectivity index (χ1v) is 6.57. The zero-order valence-electron chi connectivity index (χ0n) is 10.3. The van der Waals surface area contributed by atoms with Crippen molar-refractivity contribution in [1.82, 2.24) is 0 Å². The lowest BCUT2D eigenvalue weighted by Gasteiger charge is -2.13. The molecule has 2 rings (SSSR count). The van der Waals surface area contributed by atoms with Gasteiger partial charge in [-0.3, -0.25) is 0 Å². The molecule has 2 aromatic carbocycles. The first kappa shape index (κ1) is 13.1. The lowest BCUT2D eigenvalue weighted by molar-refractivity contribution is 0.414. The van der Waals surface area contributed by atoms with E-state index in [2.05, 4.69) is 15.9 Å². The molecule has 0 fully saturated rings. The maximum atomic E-state index is 13.8. The van der Waals surface area contributed by atoms with E-state index in [0.29, 0.717) is 5.56 Å². The third kappa shape index (κ3) is 2.72. The molecule has 0 aliphatic rings. The molecule has 0 bridgehead atoms. The van der Waals surface area contributed by atoms with Crippen molar-refractivity contribution < 1.29 is 9.13 Å². The largest absolute Gasteiger partial charge is 0.497 e. The van der Waals surface area contributed by atoms with Crippen LogP contribution < -0.4 is 4.74 Å². The van der Waals surface area contributed by atoms with E-state index in [1.807, 2.05) is 37.3 Å². The van der Waals surface area contributed by atoms with Crippen molar-refractivity contribution in [3.05, 3.63) is 65.0 Å². The molecule has 94 valence electrons. The van der Waals surface area contributed by atoms with Gasteiger partial charge in [-0.15, -0.1) is 0 Å². The van der Waals surface area contributed by atoms with Crippen LogP contribution in [-0.4, -0.2) is 7.11 Å². The van der Waals surface area contributed by atoms with Crippen molar-refractivity contribution in [3.8, 4) is 5.75 Å². The van der Waals surface area contributed by atoms with E-state index in [9.17, 15) is 4.39 Å². The van der Waals surface area contributed by atoms with Gasteiger partial charge in [0, 0.05) is 5.56 Å². The monoisotopic (exact) mass is 308 g/mol. The van der Waals surface area contributed by atoms with Gasteiger partial charge in [-0.1, -0.05) is 45.8 Å². The highest BCUT2D eigenvalue weighted by atomic mass is 79.9. The minimum absolute atomic E-state index is 0.150. The summed E-state index contributed by atoms with van der Waals surface area (Å²) >= 11 is 3.54. The van der Waals surface area contributed by atoms with E-state index in [-0.39, 0.29) is 10.6 Å². The van der Waals surface area contributed by atoms with Crippen molar-refractivity contribution in [2.45, 2.75) is 11.8 Å². The van der Waals surface area contributed by atoms with Crippen LogP contribution in [0.5, 0.6) is 5.75 Å². The van der Waals surface area contributed by atoms with E-state index in [1.54, 1.807) is 13.2 Å². The lowest BCUT2D eigenvalue weighted by atomic mass is 10.0. The fraction of sp³-hybridized carbons (Fsp3) is 0.200. The second-order valence-corrected chi connectivity index (χ2v) is 5.08. The Morgan fingerprint density at radius 1 is 1.11 bits per heavy atom. The Hall–Kier alpha value is -1.35. The van der Waals surface area contributed by atoms with Crippen molar-refractivity contribution in [2.75, 3.05) is 7.11 Å². The molecule has 0 saturated heterocycles. The number of benzene rings is 2. The van der Waals surface area contributed by atoms with Gasteiger partial charge in [0.15, 0.2) is 0 Å². The zero-order chi connectivity index (χ0) is 13.1. The number of hydrogen-bond donors (Lipinski definition) is 0. The molecule has 2 aromatic rings. The molecule has 18 heavy (non-hydrogen) atoms. The van der Waals surface area contributed by atoms with Gasteiger partial charge in [0.25, 0.3) is 0 Å². The summed E-state index contributed by atoms with van der Waals surface area (Å²) in [5.41, 5.74) is 2.70. The van der Waals surface area contributed by atoms with Gasteiger partial charge in [0.05, 0.1) is 11.9 Å². The molecule has 1 unspecified atom stereocenters. The molecule has 0 radical (unpaired) electrons. The second kappa shape index (κ2) is 5.53. The van der Waals surface area contributed by atoms with E-state index in [0.717, 1.165) is 16.9 Å². The van der Waals surface area contributed by atoms with Gasteiger partial charge in [-0.2, -0.15) is 0 Å². The number of aryl methyl sites for hydroxylation is 1. The average Bonchev–Trinajstić information content (AvgIpc) is 2.41. The molecular weight excluding hydrogens is 295 g/mol. The van der Waals surface area contributed by atoms with Crippen molar-refractivity contribution in [1.29, 1.82) is 0 Å². The van der Waals surface area contributed by atoms with Crippen LogP contribution in [0, 0.1) is 12.7 Å². The van der Waals surface area contributed by atoms with Crippen LogP contribution in [0.3, 0.4) is 0 Å². The molecule has 0 saturated carbocycles. The van der Waals surface area contributed by atoms with Crippen molar-refractivity contribution >= 4 is 15.9 Å². The highest BCUT2D eigenvalue weighted by Gasteiger charge is 2.14. The number of halogens is 2. The number of hydrogen-bond acceptors (Lipinski definition) is 1. The Balaban J connectivity index is 2.34. The first-order chi connectivity index (χ1) is 8.61. The Morgan fingerprint density at radius 2 is 1.78 bits per heavy atom. The maximum Gasteiger partial charge on any atom is 0.127 e. The summed E-state index contributed by atoms with van der Waals surface area (Å²) in [6.45, 7) is 1.96. The van der Waals surface area contributed by atoms with Gasteiger partial charge in [-0.05, 0) is 30.7 Å². The minimum atomic E-state index is -0.196. The second-order valence-electron chi connectivity index (χ2n) is 4.16. The molecule has 0 N–H and O–H groups in total. The van der Waals surface area contributed by atoms with Crippen LogP contribution in [0.15, 0.2) is 42.5 Å². The Morgan fingerprint density at radius 3 is 2.39 bits per heavy atom. The maximum absolute atomic E-state index is 13.8. The highest BCUT2D eigenvalue weighted by Crippen LogP contribution is 2.33. The van der Waals surface area contributed by atoms with Crippen LogP contribution in [0.1, 0.15) is 21.5 Å². The van der Waals surface area contributed by atoms with Gasteiger partial charge in [0.1, 0.15) is 11.6 Å². The average molecular weight is 309 g/mol. The summed E-state index contributed by atoms with van der Waals surface area (Å²) in [5, 5.41) is 0. The van der Waals surface area contributed by atoms with Crippen LogP contribution in [0.2, 0.25) is 0 Å². The van der Waals surface area contributed by atoms with Crippen LogP contribution in [-0.2, 0) is 0 Å². The Bertz CT molecular complexity index is 537. The normalized spacial score (nSPS) is 12.2. The standard InChI is InChI=1S/C15H14BrFO/c1-10-3-8-14(17)13(9-10)15(16)11-4-6-12(18-2)7-5-11/h3-9,15H,1-2H3. The topological polar surface area (TPSA) is 9.23 Å². The molecule has 3 heteroatoms. The fourth-order valence-electron chi connectivity index (χ4n) is 1.81. The number of alkyl halides is 1.